The van der Waals surface area contributed by atoms with E-state index in [2.05, 4.69) is 15.3 Å². The molecular weight excluding hydrogens is 383 g/mol. The number of hydrogen-bond acceptors (Lipinski definition) is 3. The van der Waals surface area contributed by atoms with E-state index in [4.69, 9.17) is 0 Å². The number of nitrogens with zero attached hydrogens (tertiary/aromatic N) is 2. The number of H-pyrrole nitrogens is 1. The molecule has 1 aliphatic rings. The number of aromatic amines is 1. The summed E-state index contributed by atoms with van der Waals surface area (Å²) in [4.78, 5) is 33.4. The highest BCUT2D eigenvalue weighted by molar-refractivity contribution is 6.04. The third kappa shape index (κ3) is 3.44. The van der Waals surface area contributed by atoms with Crippen molar-refractivity contribution >= 4 is 11.7 Å². The van der Waals surface area contributed by atoms with Crippen molar-refractivity contribution in [3.05, 3.63) is 76.4 Å². The molecule has 0 fully saturated rings. The maximum absolute atomic E-state index is 14.6. The number of halogens is 1. The lowest BCUT2D eigenvalue weighted by atomic mass is 9.75. The second-order valence-electron chi connectivity index (χ2n) is 8.74. The third-order valence-corrected chi connectivity index (χ3v) is 5.74. The Morgan fingerprint density at radius 2 is 2.03 bits per heavy atom. The molecule has 1 unspecified atom stereocenters. The highest BCUT2D eigenvalue weighted by Crippen LogP contribution is 2.37. The Hall–Kier alpha value is -3.22. The average molecular weight is 408 g/mol. The molecule has 7 heteroatoms. The van der Waals surface area contributed by atoms with Crippen LogP contribution in [-0.2, 0) is 13.5 Å². The minimum Gasteiger partial charge on any atom is -0.354 e. The van der Waals surface area contributed by atoms with E-state index in [0.29, 0.717) is 41.1 Å². The lowest BCUT2D eigenvalue weighted by molar-refractivity contribution is 0.0909. The largest absolute Gasteiger partial charge is 0.354 e. The van der Waals surface area contributed by atoms with Crippen molar-refractivity contribution in [2.75, 3.05) is 0 Å². The summed E-state index contributed by atoms with van der Waals surface area (Å²) in [6, 6.07) is 5.54. The van der Waals surface area contributed by atoms with E-state index in [1.54, 1.807) is 49.1 Å². The molecule has 6 nitrogen and oxygen atoms in total. The Kier molecular flexibility index (Phi) is 4.84. The highest BCUT2D eigenvalue weighted by Gasteiger charge is 2.36. The number of benzene rings is 1. The molecule has 156 valence electrons. The minimum atomic E-state index is -0.773. The predicted octanol–water partition coefficient (Wildman–Crippen LogP) is 3.87. The molecule has 0 spiro atoms. The predicted molar refractivity (Wildman–Crippen MR) is 111 cm³/mol. The molecule has 0 radical (unpaired) electrons. The first-order valence-corrected chi connectivity index (χ1v) is 9.95. The number of imidazole rings is 1. The van der Waals surface area contributed by atoms with Crippen molar-refractivity contribution in [1.82, 2.24) is 19.9 Å². The van der Waals surface area contributed by atoms with Crippen molar-refractivity contribution in [1.29, 1.82) is 0 Å². The van der Waals surface area contributed by atoms with Crippen LogP contribution in [0.2, 0.25) is 0 Å². The minimum absolute atomic E-state index is 0.0452. The number of amides is 1. The third-order valence-electron chi connectivity index (χ3n) is 5.74. The van der Waals surface area contributed by atoms with Gasteiger partial charge in [0.25, 0.3) is 5.91 Å². The number of nitrogens with one attached hydrogen (secondary N) is 2. The van der Waals surface area contributed by atoms with Crippen LogP contribution in [0, 0.1) is 18.2 Å². The van der Waals surface area contributed by atoms with E-state index in [1.807, 2.05) is 13.8 Å². The quantitative estimate of drug-likeness (QED) is 0.688. The van der Waals surface area contributed by atoms with Gasteiger partial charge in [-0.05, 0) is 30.4 Å². The summed E-state index contributed by atoms with van der Waals surface area (Å²) in [6.45, 7) is 5.86. The summed E-state index contributed by atoms with van der Waals surface area (Å²) < 4.78 is 16.3. The van der Waals surface area contributed by atoms with Crippen molar-refractivity contribution in [3.63, 3.8) is 0 Å². The molecule has 3 aromatic rings. The molecule has 4 rings (SSSR count). The molecule has 30 heavy (non-hydrogen) atoms. The Morgan fingerprint density at radius 3 is 2.70 bits per heavy atom. The van der Waals surface area contributed by atoms with Gasteiger partial charge in [-0.25, -0.2) is 9.37 Å². The molecule has 1 amide bonds. The number of hydrogen-bond donors (Lipinski definition) is 2. The van der Waals surface area contributed by atoms with Gasteiger partial charge in [0.05, 0.1) is 0 Å². The maximum Gasteiger partial charge on any atom is 0.268 e. The van der Waals surface area contributed by atoms with E-state index in [1.165, 1.54) is 6.07 Å². The van der Waals surface area contributed by atoms with Crippen molar-refractivity contribution in [2.24, 2.45) is 12.5 Å². The molecule has 0 saturated carbocycles. The summed E-state index contributed by atoms with van der Waals surface area (Å²) in [5.74, 6) is -0.266. The lowest BCUT2D eigenvalue weighted by Crippen LogP contribution is -2.32. The van der Waals surface area contributed by atoms with E-state index in [-0.39, 0.29) is 11.2 Å². The number of Topliss-reactive ketones (excluding diaryl/α,β-unsaturated/α-hetero) is 1. The van der Waals surface area contributed by atoms with Crippen LogP contribution in [0.5, 0.6) is 0 Å². The van der Waals surface area contributed by atoms with Crippen LogP contribution in [0.4, 0.5) is 4.39 Å². The number of carbonyl (C=O) groups is 2. The first-order chi connectivity index (χ1) is 14.2. The molecule has 0 saturated heterocycles. The SMILES string of the molecule is Cc1c(C(=O)NC(c2ccccc2F)c2nccn2C)[nH]c2c1C(=O)CC(C)(C)C2. The first-order valence-electron chi connectivity index (χ1n) is 9.95. The van der Waals surface area contributed by atoms with Gasteiger partial charge in [0, 0.05) is 42.7 Å². The van der Waals surface area contributed by atoms with Gasteiger partial charge < -0.3 is 14.9 Å². The van der Waals surface area contributed by atoms with Crippen LogP contribution < -0.4 is 5.32 Å². The van der Waals surface area contributed by atoms with Gasteiger partial charge in [-0.3, -0.25) is 9.59 Å². The fraction of sp³-hybridized carbons (Fsp3) is 0.348. The average Bonchev–Trinajstić information content (AvgIpc) is 3.22. The number of aryl methyl sites for hydroxylation is 1. The van der Waals surface area contributed by atoms with Gasteiger partial charge in [0.15, 0.2) is 5.78 Å². The van der Waals surface area contributed by atoms with E-state index >= 15 is 0 Å². The number of fused-ring (bicyclic) bond motifs is 1. The molecule has 0 bridgehead atoms. The summed E-state index contributed by atoms with van der Waals surface area (Å²) in [5.41, 5.74) is 2.54. The Bertz CT molecular complexity index is 1140. The van der Waals surface area contributed by atoms with Gasteiger partial charge in [0.1, 0.15) is 23.4 Å². The zero-order chi connectivity index (χ0) is 21.6. The Labute approximate surface area is 174 Å². The fourth-order valence-electron chi connectivity index (χ4n) is 4.31. The van der Waals surface area contributed by atoms with Crippen LogP contribution in [0.1, 0.15) is 69.8 Å². The number of aromatic nitrogens is 3. The Balaban J connectivity index is 1.72. The summed E-state index contributed by atoms with van der Waals surface area (Å²) in [6.07, 6.45) is 4.49. The highest BCUT2D eigenvalue weighted by atomic mass is 19.1. The summed E-state index contributed by atoms with van der Waals surface area (Å²) >= 11 is 0. The fourth-order valence-corrected chi connectivity index (χ4v) is 4.31. The molecule has 2 N–H and O–H groups in total. The standard InChI is InChI=1S/C23H25FN4O2/c1-13-18-16(11-23(2,3)12-17(18)29)26-19(13)22(30)27-20(21-25-9-10-28(21)4)14-7-5-6-8-15(14)24/h5-10,20,26H,11-12H2,1-4H3,(H,27,30). The van der Waals surface area contributed by atoms with Crippen LogP contribution in [0.25, 0.3) is 0 Å². The second-order valence-corrected chi connectivity index (χ2v) is 8.74. The molecule has 2 heterocycles. The zero-order valence-electron chi connectivity index (χ0n) is 17.5. The number of carbonyl (C=O) groups excluding carboxylic acids is 2. The Morgan fingerprint density at radius 1 is 1.30 bits per heavy atom. The molecular formula is C23H25FN4O2. The lowest BCUT2D eigenvalue weighted by Gasteiger charge is -2.28. The molecule has 0 aliphatic heterocycles. The molecule has 1 aliphatic carbocycles. The van der Waals surface area contributed by atoms with Gasteiger partial charge in [-0.2, -0.15) is 0 Å². The van der Waals surface area contributed by atoms with E-state index in [0.717, 1.165) is 5.69 Å². The van der Waals surface area contributed by atoms with Gasteiger partial charge >= 0.3 is 0 Å². The molecule has 1 atom stereocenters. The smallest absolute Gasteiger partial charge is 0.268 e. The van der Waals surface area contributed by atoms with Gasteiger partial charge in [-0.15, -0.1) is 0 Å². The number of rotatable bonds is 4. The van der Waals surface area contributed by atoms with E-state index in [9.17, 15) is 14.0 Å². The monoisotopic (exact) mass is 408 g/mol. The maximum atomic E-state index is 14.6. The van der Waals surface area contributed by atoms with Crippen molar-refractivity contribution < 1.29 is 14.0 Å². The molecule has 1 aromatic carbocycles. The first kappa shape index (κ1) is 20.1. The van der Waals surface area contributed by atoms with Crippen LogP contribution in [0.3, 0.4) is 0 Å². The van der Waals surface area contributed by atoms with E-state index < -0.39 is 17.8 Å². The van der Waals surface area contributed by atoms with Crippen LogP contribution >= 0.6 is 0 Å². The van der Waals surface area contributed by atoms with Crippen LogP contribution in [-0.4, -0.2) is 26.2 Å². The molecule has 2 aromatic heterocycles. The van der Waals surface area contributed by atoms with Gasteiger partial charge in [-0.1, -0.05) is 32.0 Å². The summed E-state index contributed by atoms with van der Waals surface area (Å²) in [5, 5.41) is 2.91. The van der Waals surface area contributed by atoms with Crippen LogP contribution in [0.15, 0.2) is 36.7 Å². The van der Waals surface area contributed by atoms with Gasteiger partial charge in [0.2, 0.25) is 0 Å². The second kappa shape index (κ2) is 7.23. The van der Waals surface area contributed by atoms with Crippen molar-refractivity contribution in [2.45, 2.75) is 39.7 Å². The zero-order valence-corrected chi connectivity index (χ0v) is 17.5. The van der Waals surface area contributed by atoms with Crippen molar-refractivity contribution in [3.8, 4) is 0 Å². The topological polar surface area (TPSA) is 79.8 Å². The normalized spacial score (nSPS) is 16.2. The summed E-state index contributed by atoms with van der Waals surface area (Å²) in [7, 11) is 1.79. The number of ketones is 1.